The maximum absolute atomic E-state index is 8.55. The van der Waals surface area contributed by atoms with Gasteiger partial charge in [0.15, 0.2) is 0 Å². The van der Waals surface area contributed by atoms with Crippen LogP contribution in [0.2, 0.25) is 0 Å². The van der Waals surface area contributed by atoms with Crippen molar-refractivity contribution in [2.75, 3.05) is 0 Å². The summed E-state index contributed by atoms with van der Waals surface area (Å²) in [4.78, 5) is 25.6. The summed E-state index contributed by atoms with van der Waals surface area (Å²) in [6.45, 7) is 0. The van der Waals surface area contributed by atoms with Crippen LogP contribution in [-0.4, -0.2) is 60.6 Å². The molecule has 0 saturated heterocycles. The van der Waals surface area contributed by atoms with Crippen LogP contribution in [0.4, 0.5) is 0 Å². The fraction of sp³-hybridized carbons (Fsp3) is 0. The van der Waals surface area contributed by atoms with Crippen molar-refractivity contribution < 1.29 is 24.7 Å². The number of hydrogen-bond donors (Lipinski definition) is 0. The monoisotopic (exact) mass is 179 g/mol. The van der Waals surface area contributed by atoms with E-state index < -0.39 is 7.82 Å². The summed E-state index contributed by atoms with van der Waals surface area (Å²) in [6, 6.07) is 0. The Morgan fingerprint density at radius 1 is 1.12 bits per heavy atom. The van der Waals surface area contributed by atoms with Crippen molar-refractivity contribution in [3.63, 3.8) is 0 Å². The average Bonchev–Trinajstić information content (AvgIpc) is 0.722. The maximum Gasteiger partial charge on any atom is 3.00 e. The van der Waals surface area contributed by atoms with Gasteiger partial charge in [0.1, 0.15) is 0 Å². The molecule has 0 radical (unpaired) electrons. The van der Waals surface area contributed by atoms with Crippen LogP contribution in [0, 0.1) is 0 Å². The second-order valence-electron chi connectivity index (χ2n) is 0.447. The van der Waals surface area contributed by atoms with Crippen molar-refractivity contribution in [2.24, 2.45) is 0 Å². The SMILES string of the molecule is O=P([O-])([O-])[O-].[Al+3].[Ca+2].[OH-]. The van der Waals surface area contributed by atoms with Crippen LogP contribution in [0.25, 0.3) is 0 Å². The van der Waals surface area contributed by atoms with E-state index in [9.17, 15) is 0 Å². The van der Waals surface area contributed by atoms with Crippen molar-refractivity contribution in [3.8, 4) is 0 Å². The van der Waals surface area contributed by atoms with E-state index in [0.717, 1.165) is 0 Å². The first-order valence-corrected chi connectivity index (χ1v) is 2.19. The van der Waals surface area contributed by atoms with E-state index >= 15 is 0 Å². The molecule has 0 rings (SSSR count). The standard InChI is InChI=1S/Al.Ca.H3O4P.H2O/c;;1-5(2,3)4;/h;;(H3,1,2,3,4);1H2/q+3;+2;;/p-4. The molecular weight excluding hydrogens is 178 g/mol. The molecule has 8 heteroatoms. The zero-order valence-electron chi connectivity index (χ0n) is 3.81. The third-order valence-corrected chi connectivity index (χ3v) is 0. The predicted octanol–water partition coefficient (Wildman–Crippen LogP) is -3.76. The van der Waals surface area contributed by atoms with Crippen molar-refractivity contribution in [3.05, 3.63) is 0 Å². The minimum Gasteiger partial charge on any atom is -0.870 e. The van der Waals surface area contributed by atoms with Crippen LogP contribution in [0.15, 0.2) is 0 Å². The van der Waals surface area contributed by atoms with Crippen molar-refractivity contribution >= 4 is 62.9 Å². The molecule has 0 heterocycles. The Hall–Kier alpha value is 1.86. The van der Waals surface area contributed by atoms with E-state index in [-0.39, 0.29) is 60.6 Å². The molecule has 0 unspecified atom stereocenters. The molecule has 0 spiro atoms. The van der Waals surface area contributed by atoms with Crippen LogP contribution < -0.4 is 14.7 Å². The van der Waals surface area contributed by atoms with Gasteiger partial charge in [-0.25, -0.2) is 0 Å². The van der Waals surface area contributed by atoms with Crippen molar-refractivity contribution in [2.45, 2.75) is 0 Å². The van der Waals surface area contributed by atoms with Crippen LogP contribution in [-0.2, 0) is 4.57 Å². The van der Waals surface area contributed by atoms with E-state index in [4.69, 9.17) is 19.2 Å². The number of rotatable bonds is 0. The van der Waals surface area contributed by atoms with Crippen LogP contribution >= 0.6 is 7.82 Å². The molecule has 0 fully saturated rings. The Labute approximate surface area is 86.8 Å². The second kappa shape index (κ2) is 8.86. The molecule has 0 aromatic rings. The van der Waals surface area contributed by atoms with E-state index in [2.05, 4.69) is 0 Å². The van der Waals surface area contributed by atoms with Crippen LogP contribution in [0.3, 0.4) is 0 Å². The zero-order chi connectivity index (χ0) is 4.50. The molecule has 0 aliphatic heterocycles. The van der Waals surface area contributed by atoms with Crippen molar-refractivity contribution in [1.82, 2.24) is 0 Å². The molecule has 0 atom stereocenters. The third kappa shape index (κ3) is 107. The minimum atomic E-state index is -5.39. The molecule has 1 N–H and O–H groups in total. The summed E-state index contributed by atoms with van der Waals surface area (Å²) >= 11 is 0. The summed E-state index contributed by atoms with van der Waals surface area (Å²) < 4.78 is 8.55. The summed E-state index contributed by atoms with van der Waals surface area (Å²) in [5.41, 5.74) is 0. The fourth-order valence-corrected chi connectivity index (χ4v) is 0. The van der Waals surface area contributed by atoms with Gasteiger partial charge in [-0.2, -0.15) is 7.82 Å². The minimum absolute atomic E-state index is 0. The molecule has 8 heavy (non-hydrogen) atoms. The van der Waals surface area contributed by atoms with Gasteiger partial charge in [-0.05, 0) is 0 Å². The molecule has 0 saturated carbocycles. The Balaban J connectivity index is -0.0000000267. The van der Waals surface area contributed by atoms with Gasteiger partial charge >= 0.3 is 55.1 Å². The number of hydrogen-bond acceptors (Lipinski definition) is 5. The first-order chi connectivity index (χ1) is 2.00. The molecule has 0 bridgehead atoms. The molecule has 0 amide bonds. The zero-order valence-corrected chi connectivity index (χ0v) is 8.07. The van der Waals surface area contributed by atoms with E-state index in [1.807, 2.05) is 0 Å². The Kier molecular flexibility index (Phi) is 25.0. The van der Waals surface area contributed by atoms with E-state index in [0.29, 0.717) is 0 Å². The quantitative estimate of drug-likeness (QED) is 0.279. The molecule has 40 valence electrons. The van der Waals surface area contributed by atoms with Gasteiger partial charge in [0.25, 0.3) is 0 Å². The first kappa shape index (κ1) is 22.5. The Morgan fingerprint density at radius 2 is 1.12 bits per heavy atom. The normalized spacial score (nSPS) is 7.38. The third-order valence-electron chi connectivity index (χ3n) is 0. The smallest absolute Gasteiger partial charge is 0.870 e. The van der Waals surface area contributed by atoms with Gasteiger partial charge in [0.05, 0.1) is 0 Å². The van der Waals surface area contributed by atoms with Gasteiger partial charge in [0, 0.05) is 0 Å². The Morgan fingerprint density at radius 3 is 1.12 bits per heavy atom. The van der Waals surface area contributed by atoms with Crippen molar-refractivity contribution in [1.29, 1.82) is 0 Å². The molecule has 0 aliphatic rings. The first-order valence-electron chi connectivity index (χ1n) is 0.730. The second-order valence-corrected chi connectivity index (χ2v) is 1.34. The van der Waals surface area contributed by atoms with Gasteiger partial charge < -0.3 is 24.7 Å². The van der Waals surface area contributed by atoms with Gasteiger partial charge in [-0.15, -0.1) is 0 Å². The van der Waals surface area contributed by atoms with Gasteiger partial charge in [0.2, 0.25) is 0 Å². The molecule has 0 aromatic carbocycles. The molecular formula is HAlCaO5P+. The van der Waals surface area contributed by atoms with E-state index in [1.54, 1.807) is 0 Å². The fourth-order valence-electron chi connectivity index (χ4n) is 0. The number of phosphoric acid groups is 1. The van der Waals surface area contributed by atoms with E-state index in [1.165, 1.54) is 0 Å². The Bertz CT molecular complexity index is 58.6. The maximum atomic E-state index is 8.55. The summed E-state index contributed by atoms with van der Waals surface area (Å²) in [7, 11) is -5.39. The molecule has 0 aromatic heterocycles. The summed E-state index contributed by atoms with van der Waals surface area (Å²) in [5.74, 6) is 0. The van der Waals surface area contributed by atoms with Gasteiger partial charge in [-0.1, -0.05) is 0 Å². The topological polar surface area (TPSA) is 116 Å². The van der Waals surface area contributed by atoms with Crippen LogP contribution in [0.1, 0.15) is 0 Å². The van der Waals surface area contributed by atoms with Crippen LogP contribution in [0.5, 0.6) is 0 Å². The van der Waals surface area contributed by atoms with Gasteiger partial charge in [-0.3, -0.25) is 0 Å². The molecule has 0 aliphatic carbocycles. The largest absolute Gasteiger partial charge is 3.00 e. The summed E-state index contributed by atoms with van der Waals surface area (Å²) in [5, 5.41) is 0. The average molecular weight is 179 g/mol. The predicted molar refractivity (Wildman–Crippen MR) is 21.1 cm³/mol. The summed E-state index contributed by atoms with van der Waals surface area (Å²) in [6.07, 6.45) is 0. The molecule has 5 nitrogen and oxygen atoms in total.